The molecule has 5 rings (SSSR count). The molecule has 144 valence electrons. The van der Waals surface area contributed by atoms with Gasteiger partial charge in [-0.2, -0.15) is 9.97 Å². The number of hydrogen-bond donors (Lipinski definition) is 0. The van der Waals surface area contributed by atoms with E-state index in [9.17, 15) is 0 Å². The lowest BCUT2D eigenvalue weighted by molar-refractivity contribution is 0.0981. The van der Waals surface area contributed by atoms with E-state index in [0.717, 1.165) is 42.3 Å². The number of aromatic nitrogens is 3. The molecule has 2 saturated heterocycles. The molecule has 0 bridgehead atoms. The summed E-state index contributed by atoms with van der Waals surface area (Å²) in [6, 6.07) is 13.3. The highest BCUT2D eigenvalue weighted by atomic mass is 16.5. The summed E-state index contributed by atoms with van der Waals surface area (Å²) in [6.45, 7) is 7.56. The van der Waals surface area contributed by atoms with Crippen LogP contribution in [0.15, 0.2) is 42.6 Å². The minimum absolute atomic E-state index is 0.256. The zero-order valence-electron chi connectivity index (χ0n) is 16.4. The molecule has 28 heavy (non-hydrogen) atoms. The molecule has 2 unspecified atom stereocenters. The Morgan fingerprint density at radius 1 is 1.04 bits per heavy atom. The van der Waals surface area contributed by atoms with Crippen LogP contribution in [-0.2, 0) is 4.74 Å². The number of pyridine rings is 1. The molecule has 3 aromatic rings. The first kappa shape index (κ1) is 17.4. The molecule has 2 aliphatic heterocycles. The monoisotopic (exact) mass is 375 g/mol. The lowest BCUT2D eigenvalue weighted by atomic mass is 9.91. The van der Waals surface area contributed by atoms with Crippen LogP contribution in [0.2, 0.25) is 0 Å². The van der Waals surface area contributed by atoms with Crippen molar-refractivity contribution in [2.45, 2.75) is 32.4 Å². The molecule has 4 heterocycles. The minimum Gasteiger partial charge on any atom is -0.377 e. The Labute approximate surface area is 165 Å². The molecule has 0 spiro atoms. The Bertz CT molecular complexity index is 1010. The summed E-state index contributed by atoms with van der Waals surface area (Å²) < 4.78 is 5.60. The molecule has 0 saturated carbocycles. The normalized spacial score (nSPS) is 22.4. The van der Waals surface area contributed by atoms with Gasteiger partial charge in [-0.3, -0.25) is 0 Å². The average molecular weight is 375 g/mol. The molecule has 0 aliphatic carbocycles. The molecular weight excluding hydrogens is 350 g/mol. The maximum Gasteiger partial charge on any atom is 0.229 e. The first-order chi connectivity index (χ1) is 13.7. The average Bonchev–Trinajstić information content (AvgIpc) is 2.69. The number of fused-ring (bicyclic) bond motifs is 1. The number of benzene rings is 1. The number of nitrogens with zero attached hydrogens (tertiary/aromatic N) is 5. The second kappa shape index (κ2) is 7.02. The van der Waals surface area contributed by atoms with Crippen LogP contribution < -0.4 is 9.80 Å². The fourth-order valence-electron chi connectivity index (χ4n) is 4.23. The van der Waals surface area contributed by atoms with Crippen LogP contribution in [0.4, 0.5) is 11.8 Å². The van der Waals surface area contributed by atoms with Gasteiger partial charge in [0.25, 0.3) is 0 Å². The number of hydrogen-bond acceptors (Lipinski definition) is 6. The van der Waals surface area contributed by atoms with E-state index in [1.165, 1.54) is 11.1 Å². The summed E-state index contributed by atoms with van der Waals surface area (Å²) in [5, 5.41) is 1.02. The Balaban J connectivity index is 1.59. The third-order valence-corrected chi connectivity index (χ3v) is 5.90. The molecule has 2 fully saturated rings. The van der Waals surface area contributed by atoms with Crippen molar-refractivity contribution in [1.29, 1.82) is 0 Å². The van der Waals surface area contributed by atoms with Crippen LogP contribution in [0.3, 0.4) is 0 Å². The second-order valence-corrected chi connectivity index (χ2v) is 7.69. The van der Waals surface area contributed by atoms with Gasteiger partial charge in [-0.15, -0.1) is 0 Å². The largest absolute Gasteiger partial charge is 0.377 e. The smallest absolute Gasteiger partial charge is 0.229 e. The number of ether oxygens (including phenoxy) is 1. The molecule has 6 nitrogen and oxygen atoms in total. The third-order valence-electron chi connectivity index (χ3n) is 5.90. The molecular formula is C22H25N5O. The highest BCUT2D eigenvalue weighted by Crippen LogP contribution is 2.41. The zero-order valence-corrected chi connectivity index (χ0v) is 16.4. The Morgan fingerprint density at radius 3 is 2.71 bits per heavy atom. The maximum atomic E-state index is 5.60. The van der Waals surface area contributed by atoms with Crippen molar-refractivity contribution >= 4 is 22.8 Å². The van der Waals surface area contributed by atoms with Gasteiger partial charge in [-0.1, -0.05) is 24.3 Å². The van der Waals surface area contributed by atoms with Gasteiger partial charge in [0.05, 0.1) is 30.7 Å². The Morgan fingerprint density at radius 2 is 1.93 bits per heavy atom. The van der Waals surface area contributed by atoms with Crippen LogP contribution in [0.1, 0.15) is 30.5 Å². The van der Waals surface area contributed by atoms with Crippen molar-refractivity contribution in [2.75, 3.05) is 36.1 Å². The van der Waals surface area contributed by atoms with Gasteiger partial charge in [-0.05, 0) is 43.5 Å². The first-order valence-corrected chi connectivity index (χ1v) is 10.0. The molecule has 2 aromatic heterocycles. The number of aryl methyl sites for hydroxylation is 1. The van der Waals surface area contributed by atoms with E-state index in [4.69, 9.17) is 14.7 Å². The first-order valence-electron chi connectivity index (χ1n) is 10.0. The van der Waals surface area contributed by atoms with Crippen molar-refractivity contribution < 1.29 is 4.74 Å². The molecule has 1 aromatic carbocycles. The summed E-state index contributed by atoms with van der Waals surface area (Å²) in [5.74, 6) is 1.75. The second-order valence-electron chi connectivity index (χ2n) is 7.69. The van der Waals surface area contributed by atoms with Crippen LogP contribution in [-0.4, -0.2) is 47.3 Å². The van der Waals surface area contributed by atoms with E-state index in [2.05, 4.69) is 59.0 Å². The van der Waals surface area contributed by atoms with E-state index in [0.29, 0.717) is 19.3 Å². The van der Waals surface area contributed by atoms with Crippen LogP contribution in [0.25, 0.3) is 11.0 Å². The maximum absolute atomic E-state index is 5.60. The van der Waals surface area contributed by atoms with Gasteiger partial charge in [0.1, 0.15) is 5.82 Å². The Kier molecular flexibility index (Phi) is 4.36. The zero-order chi connectivity index (χ0) is 19.1. The summed E-state index contributed by atoms with van der Waals surface area (Å²) in [7, 11) is 0. The highest BCUT2D eigenvalue weighted by Gasteiger charge is 2.34. The Hall–Kier alpha value is -2.73. The fourth-order valence-corrected chi connectivity index (χ4v) is 4.23. The van der Waals surface area contributed by atoms with Gasteiger partial charge in [0, 0.05) is 19.3 Å². The molecule has 0 amide bonds. The quantitative estimate of drug-likeness (QED) is 0.698. The van der Waals surface area contributed by atoms with E-state index in [-0.39, 0.29) is 6.04 Å². The standard InChI is InChI=1S/C22H25N5O/c1-15-6-3-4-7-17(15)19-9-11-27(19)21-18-8-5-10-23-20(18)24-22(25-21)26-12-13-28-14-16(26)2/h3-8,10,16,19H,9,11-14H2,1-2H3. The van der Waals surface area contributed by atoms with Crippen molar-refractivity contribution in [1.82, 2.24) is 15.0 Å². The molecule has 0 radical (unpaired) electrons. The summed E-state index contributed by atoms with van der Waals surface area (Å²) in [4.78, 5) is 19.0. The van der Waals surface area contributed by atoms with E-state index >= 15 is 0 Å². The molecule has 0 N–H and O–H groups in total. The van der Waals surface area contributed by atoms with Crippen LogP contribution in [0.5, 0.6) is 0 Å². The van der Waals surface area contributed by atoms with E-state index in [1.807, 2.05) is 6.07 Å². The van der Waals surface area contributed by atoms with Crippen molar-refractivity contribution in [3.05, 3.63) is 53.7 Å². The summed E-state index contributed by atoms with van der Waals surface area (Å²) >= 11 is 0. The van der Waals surface area contributed by atoms with Crippen molar-refractivity contribution in [2.24, 2.45) is 0 Å². The lowest BCUT2D eigenvalue weighted by Crippen LogP contribution is -2.45. The van der Waals surface area contributed by atoms with Gasteiger partial charge in [0.2, 0.25) is 5.95 Å². The molecule has 2 aliphatic rings. The van der Waals surface area contributed by atoms with E-state index in [1.54, 1.807) is 6.20 Å². The number of morpholine rings is 1. The predicted octanol–water partition coefficient (Wildman–Crippen LogP) is 3.51. The van der Waals surface area contributed by atoms with Crippen LogP contribution in [0, 0.1) is 6.92 Å². The van der Waals surface area contributed by atoms with Crippen LogP contribution >= 0.6 is 0 Å². The summed E-state index contributed by atoms with van der Waals surface area (Å²) in [5.41, 5.74) is 3.47. The van der Waals surface area contributed by atoms with Gasteiger partial charge < -0.3 is 14.5 Å². The van der Waals surface area contributed by atoms with E-state index < -0.39 is 0 Å². The molecule has 6 heteroatoms. The molecule has 2 atom stereocenters. The predicted molar refractivity (Wildman–Crippen MR) is 111 cm³/mol. The lowest BCUT2D eigenvalue weighted by Gasteiger charge is -2.43. The topological polar surface area (TPSA) is 54.4 Å². The fraction of sp³-hybridized carbons (Fsp3) is 0.409. The van der Waals surface area contributed by atoms with Crippen molar-refractivity contribution in [3.8, 4) is 0 Å². The summed E-state index contributed by atoms with van der Waals surface area (Å²) in [6.07, 6.45) is 2.94. The number of anilines is 2. The third kappa shape index (κ3) is 2.88. The van der Waals surface area contributed by atoms with Gasteiger partial charge >= 0.3 is 0 Å². The number of rotatable bonds is 3. The van der Waals surface area contributed by atoms with Gasteiger partial charge in [0.15, 0.2) is 5.65 Å². The minimum atomic E-state index is 0.256. The SMILES string of the molecule is Cc1ccccc1C1CCN1c1nc(N2CCOCC2C)nc2ncccc12. The highest BCUT2D eigenvalue weighted by molar-refractivity contribution is 5.88. The van der Waals surface area contributed by atoms with Gasteiger partial charge in [-0.25, -0.2) is 4.98 Å². The van der Waals surface area contributed by atoms with Crippen molar-refractivity contribution in [3.63, 3.8) is 0 Å².